The molecule has 0 aromatic carbocycles. The summed E-state index contributed by atoms with van der Waals surface area (Å²) >= 11 is 0. The van der Waals surface area contributed by atoms with E-state index in [4.69, 9.17) is 0 Å². The first-order valence-electron chi connectivity index (χ1n) is 4.77. The molecule has 0 aromatic rings. The van der Waals surface area contributed by atoms with Gasteiger partial charge in [-0.3, -0.25) is 9.80 Å². The Balaban J connectivity index is 1.96. The SMILES string of the molecule is C=CC(C1CN1C)N1C(C)C1C. The average Bonchev–Trinajstić information content (AvgIpc) is 2.87. The van der Waals surface area contributed by atoms with Gasteiger partial charge in [0.15, 0.2) is 0 Å². The second-order valence-corrected chi connectivity index (χ2v) is 4.16. The van der Waals surface area contributed by atoms with Crippen molar-refractivity contribution in [1.29, 1.82) is 0 Å². The van der Waals surface area contributed by atoms with Gasteiger partial charge in [-0.25, -0.2) is 0 Å². The molecular formula is C10H18N2. The molecule has 68 valence electrons. The molecular weight excluding hydrogens is 148 g/mol. The third-order valence-corrected chi connectivity index (χ3v) is 3.44. The van der Waals surface area contributed by atoms with E-state index in [1.165, 1.54) is 6.54 Å². The highest BCUT2D eigenvalue weighted by molar-refractivity contribution is 5.13. The van der Waals surface area contributed by atoms with E-state index < -0.39 is 0 Å². The Hall–Kier alpha value is -0.340. The van der Waals surface area contributed by atoms with Gasteiger partial charge in [-0.1, -0.05) is 6.08 Å². The summed E-state index contributed by atoms with van der Waals surface area (Å²) < 4.78 is 0. The molecule has 2 saturated heterocycles. The van der Waals surface area contributed by atoms with Gasteiger partial charge in [-0.15, -0.1) is 6.58 Å². The molecule has 0 aliphatic carbocycles. The van der Waals surface area contributed by atoms with E-state index in [-0.39, 0.29) is 0 Å². The molecule has 0 spiro atoms. The van der Waals surface area contributed by atoms with Crippen LogP contribution in [0.4, 0.5) is 0 Å². The van der Waals surface area contributed by atoms with Crippen molar-refractivity contribution in [3.8, 4) is 0 Å². The van der Waals surface area contributed by atoms with Crippen molar-refractivity contribution in [1.82, 2.24) is 9.80 Å². The van der Waals surface area contributed by atoms with Crippen molar-refractivity contribution in [3.05, 3.63) is 12.7 Å². The normalized spacial score (nSPS) is 53.1. The van der Waals surface area contributed by atoms with Crippen molar-refractivity contribution in [2.24, 2.45) is 0 Å². The summed E-state index contributed by atoms with van der Waals surface area (Å²) in [5.74, 6) is 0. The van der Waals surface area contributed by atoms with Crippen LogP contribution in [0.3, 0.4) is 0 Å². The Morgan fingerprint density at radius 1 is 1.42 bits per heavy atom. The van der Waals surface area contributed by atoms with Crippen LogP contribution >= 0.6 is 0 Å². The number of likely N-dealkylation sites (N-methyl/N-ethyl adjacent to an activating group) is 1. The van der Waals surface area contributed by atoms with E-state index in [0.717, 1.165) is 18.1 Å². The first-order valence-corrected chi connectivity index (χ1v) is 4.77. The number of nitrogens with zero attached hydrogens (tertiary/aromatic N) is 2. The van der Waals surface area contributed by atoms with Gasteiger partial charge >= 0.3 is 0 Å². The van der Waals surface area contributed by atoms with Crippen molar-refractivity contribution >= 4 is 0 Å². The fourth-order valence-corrected chi connectivity index (χ4v) is 2.17. The third-order valence-electron chi connectivity index (χ3n) is 3.44. The summed E-state index contributed by atoms with van der Waals surface area (Å²) in [5, 5.41) is 0. The molecule has 0 bridgehead atoms. The Labute approximate surface area is 74.8 Å². The summed E-state index contributed by atoms with van der Waals surface area (Å²) in [7, 11) is 2.18. The molecule has 2 nitrogen and oxygen atoms in total. The minimum Gasteiger partial charge on any atom is -0.299 e. The first-order chi connectivity index (χ1) is 5.66. The standard InChI is InChI=1S/C10H18N2/c1-5-9(10-6-11(10)4)12-7(2)8(12)3/h5,7-10H,1,6H2,2-4H3. The van der Waals surface area contributed by atoms with E-state index in [9.17, 15) is 0 Å². The lowest BCUT2D eigenvalue weighted by atomic mass is 10.2. The van der Waals surface area contributed by atoms with E-state index in [1.807, 2.05) is 0 Å². The van der Waals surface area contributed by atoms with Gasteiger partial charge in [-0.05, 0) is 20.9 Å². The van der Waals surface area contributed by atoms with Crippen LogP contribution < -0.4 is 0 Å². The third kappa shape index (κ3) is 1.10. The zero-order valence-electron chi connectivity index (χ0n) is 8.20. The fraction of sp³-hybridized carbons (Fsp3) is 0.800. The second-order valence-electron chi connectivity index (χ2n) is 4.16. The summed E-state index contributed by atoms with van der Waals surface area (Å²) in [6.45, 7) is 9.75. The lowest BCUT2D eigenvalue weighted by Crippen LogP contribution is -2.26. The number of hydrogen-bond donors (Lipinski definition) is 0. The van der Waals surface area contributed by atoms with Gasteiger partial charge in [0.2, 0.25) is 0 Å². The number of rotatable bonds is 3. The van der Waals surface area contributed by atoms with Crippen molar-refractivity contribution in [3.63, 3.8) is 0 Å². The van der Waals surface area contributed by atoms with Crippen molar-refractivity contribution in [2.75, 3.05) is 13.6 Å². The molecule has 2 aliphatic rings. The van der Waals surface area contributed by atoms with Gasteiger partial charge in [0, 0.05) is 30.7 Å². The Kier molecular flexibility index (Phi) is 1.77. The topological polar surface area (TPSA) is 6.02 Å². The molecule has 2 heterocycles. The molecule has 0 aromatic heterocycles. The van der Waals surface area contributed by atoms with E-state index in [0.29, 0.717) is 6.04 Å². The predicted octanol–water partition coefficient (Wildman–Crippen LogP) is 0.948. The summed E-state index contributed by atoms with van der Waals surface area (Å²) in [6.07, 6.45) is 2.11. The summed E-state index contributed by atoms with van der Waals surface area (Å²) in [6, 6.07) is 2.87. The highest BCUT2D eigenvalue weighted by Crippen LogP contribution is 2.36. The molecule has 0 amide bonds. The molecule has 2 aliphatic heterocycles. The number of hydrogen-bond acceptors (Lipinski definition) is 2. The lowest BCUT2D eigenvalue weighted by molar-refractivity contribution is 0.378. The maximum absolute atomic E-state index is 3.92. The van der Waals surface area contributed by atoms with Gasteiger partial charge in [0.25, 0.3) is 0 Å². The Bertz CT molecular complexity index is 194. The molecule has 2 rings (SSSR count). The van der Waals surface area contributed by atoms with Crippen molar-refractivity contribution < 1.29 is 0 Å². The molecule has 0 N–H and O–H groups in total. The molecule has 5 unspecified atom stereocenters. The van der Waals surface area contributed by atoms with E-state index in [2.05, 4.69) is 43.3 Å². The first kappa shape index (κ1) is 8.27. The Morgan fingerprint density at radius 3 is 2.17 bits per heavy atom. The van der Waals surface area contributed by atoms with Gasteiger partial charge < -0.3 is 0 Å². The zero-order valence-corrected chi connectivity index (χ0v) is 8.20. The van der Waals surface area contributed by atoms with Crippen LogP contribution in [-0.4, -0.2) is 47.6 Å². The van der Waals surface area contributed by atoms with Crippen LogP contribution in [0.5, 0.6) is 0 Å². The van der Waals surface area contributed by atoms with Gasteiger partial charge in [0.1, 0.15) is 0 Å². The van der Waals surface area contributed by atoms with Crippen molar-refractivity contribution in [2.45, 2.75) is 38.0 Å². The quantitative estimate of drug-likeness (QED) is 0.455. The van der Waals surface area contributed by atoms with Gasteiger partial charge in [0.05, 0.1) is 0 Å². The average molecular weight is 166 g/mol. The van der Waals surface area contributed by atoms with Crippen LogP contribution in [0.1, 0.15) is 13.8 Å². The van der Waals surface area contributed by atoms with Crippen LogP contribution in [0.2, 0.25) is 0 Å². The fourth-order valence-electron chi connectivity index (χ4n) is 2.17. The molecule has 12 heavy (non-hydrogen) atoms. The highest BCUT2D eigenvalue weighted by atomic mass is 15.4. The highest BCUT2D eigenvalue weighted by Gasteiger charge is 2.50. The largest absolute Gasteiger partial charge is 0.299 e. The van der Waals surface area contributed by atoms with E-state index >= 15 is 0 Å². The van der Waals surface area contributed by atoms with Gasteiger partial charge in [-0.2, -0.15) is 0 Å². The summed E-state index contributed by atoms with van der Waals surface area (Å²) in [5.41, 5.74) is 0. The lowest BCUT2D eigenvalue weighted by Gasteiger charge is -2.13. The molecule has 0 radical (unpaired) electrons. The molecule has 0 saturated carbocycles. The maximum atomic E-state index is 3.92. The minimum atomic E-state index is 0.597. The maximum Gasteiger partial charge on any atom is 0.0450 e. The molecule has 5 atom stereocenters. The second kappa shape index (κ2) is 2.57. The molecule has 2 heteroatoms. The summed E-state index contributed by atoms with van der Waals surface area (Å²) in [4.78, 5) is 4.92. The predicted molar refractivity (Wildman–Crippen MR) is 51.2 cm³/mol. The molecule has 2 fully saturated rings. The van der Waals surface area contributed by atoms with Crippen LogP contribution in [0, 0.1) is 0 Å². The van der Waals surface area contributed by atoms with Crippen LogP contribution in [0.25, 0.3) is 0 Å². The van der Waals surface area contributed by atoms with Crippen LogP contribution in [0.15, 0.2) is 12.7 Å². The Morgan fingerprint density at radius 2 is 1.92 bits per heavy atom. The zero-order chi connectivity index (χ0) is 8.88. The monoisotopic (exact) mass is 166 g/mol. The smallest absolute Gasteiger partial charge is 0.0450 e. The minimum absolute atomic E-state index is 0.597. The van der Waals surface area contributed by atoms with E-state index in [1.54, 1.807) is 0 Å². The van der Waals surface area contributed by atoms with Crippen LogP contribution in [-0.2, 0) is 0 Å².